The van der Waals surface area contributed by atoms with Crippen LogP contribution in [0.25, 0.3) is 4.85 Å². The first kappa shape index (κ1) is 20.0. The van der Waals surface area contributed by atoms with Gasteiger partial charge in [0.1, 0.15) is 11.5 Å². The van der Waals surface area contributed by atoms with Crippen LogP contribution in [-0.2, 0) is 24.3 Å². The van der Waals surface area contributed by atoms with Crippen LogP contribution in [0.15, 0.2) is 48.9 Å². The van der Waals surface area contributed by atoms with Crippen molar-refractivity contribution in [2.75, 3.05) is 6.54 Å². The van der Waals surface area contributed by atoms with Crippen LogP contribution < -0.4 is 10.1 Å². The highest BCUT2D eigenvalue weighted by Crippen LogP contribution is 2.40. The topological polar surface area (TPSA) is 63.8 Å². The molecule has 7 nitrogen and oxygen atoms in total. The zero-order valence-corrected chi connectivity index (χ0v) is 18.3. The van der Waals surface area contributed by atoms with Gasteiger partial charge in [0.15, 0.2) is 0 Å². The highest BCUT2D eigenvalue weighted by Gasteiger charge is 2.38. The third kappa shape index (κ3) is 3.57. The van der Waals surface area contributed by atoms with Crippen molar-refractivity contribution in [3.8, 4) is 11.5 Å². The average molecular weight is 440 g/mol. The maximum Gasteiger partial charge on any atom is 0.240 e. The van der Waals surface area contributed by atoms with Gasteiger partial charge in [0.25, 0.3) is 0 Å². The molecule has 1 fully saturated rings. The molecule has 2 atom stereocenters. The number of benzene rings is 2. The molecule has 6 rings (SSSR count). The molecule has 0 spiro atoms. The summed E-state index contributed by atoms with van der Waals surface area (Å²) in [6.45, 7) is 9.54. The molecule has 0 radical (unpaired) electrons. The summed E-state index contributed by atoms with van der Waals surface area (Å²) in [4.78, 5) is 23.4. The van der Waals surface area contributed by atoms with E-state index in [0.717, 1.165) is 43.5 Å². The molecule has 0 saturated carbocycles. The van der Waals surface area contributed by atoms with Crippen molar-refractivity contribution in [3.63, 3.8) is 0 Å². The fourth-order valence-electron chi connectivity index (χ4n) is 5.36. The van der Waals surface area contributed by atoms with Crippen LogP contribution in [0, 0.1) is 6.57 Å². The molecule has 3 heterocycles. The first-order valence-corrected chi connectivity index (χ1v) is 11.5. The third-order valence-corrected chi connectivity index (χ3v) is 7.07. The number of nitrogens with zero attached hydrogens (tertiary/aromatic N) is 4. The monoisotopic (exact) mass is 439 g/mol. The Morgan fingerprint density at radius 1 is 1.18 bits per heavy atom. The Labute approximate surface area is 192 Å². The van der Waals surface area contributed by atoms with E-state index in [4.69, 9.17) is 11.3 Å². The zero-order valence-electron chi connectivity index (χ0n) is 18.3. The third-order valence-electron chi connectivity index (χ3n) is 7.07. The van der Waals surface area contributed by atoms with Crippen molar-refractivity contribution < 1.29 is 9.53 Å². The van der Waals surface area contributed by atoms with E-state index in [1.54, 1.807) is 6.33 Å². The number of ether oxygens (including phenoxy) is 1. The summed E-state index contributed by atoms with van der Waals surface area (Å²) in [6.07, 6.45) is 7.51. The van der Waals surface area contributed by atoms with Crippen molar-refractivity contribution in [3.05, 3.63) is 82.7 Å². The Kier molecular flexibility index (Phi) is 4.88. The van der Waals surface area contributed by atoms with E-state index in [9.17, 15) is 4.79 Å². The van der Waals surface area contributed by atoms with Crippen LogP contribution in [0.2, 0.25) is 0 Å². The minimum absolute atomic E-state index is 0.0710. The molecule has 2 aromatic carbocycles. The number of fused-ring (bicyclic) bond motifs is 7. The van der Waals surface area contributed by atoms with Gasteiger partial charge in [-0.05, 0) is 60.6 Å². The SMILES string of the molecule is [C-]#[N+]c1ccc2cc1Oc1ccc3c(c1)C(CCC3)N1CC[C@H](NCc3cncn3C2)C1=O. The maximum absolute atomic E-state index is 13.3. The number of aromatic nitrogens is 2. The number of aryl methyl sites for hydroxylation is 1. The Morgan fingerprint density at radius 2 is 2.12 bits per heavy atom. The number of nitrogens with one attached hydrogen (secondary N) is 1. The zero-order chi connectivity index (χ0) is 22.4. The normalized spacial score (nSPS) is 21.8. The molecule has 1 N–H and O–H groups in total. The first-order chi connectivity index (χ1) is 16.2. The fraction of sp³-hybridized carbons (Fsp3) is 0.346. The van der Waals surface area contributed by atoms with Crippen molar-refractivity contribution in [2.24, 2.45) is 0 Å². The van der Waals surface area contributed by atoms with E-state index in [-0.39, 0.29) is 18.0 Å². The minimum atomic E-state index is -0.171. The Morgan fingerprint density at radius 3 is 3.03 bits per heavy atom. The number of carbonyl (C=O) groups is 1. The smallest absolute Gasteiger partial charge is 0.240 e. The molecule has 1 aromatic heterocycles. The summed E-state index contributed by atoms with van der Waals surface area (Å²) < 4.78 is 8.35. The van der Waals surface area contributed by atoms with Gasteiger partial charge in [-0.25, -0.2) is 9.83 Å². The second kappa shape index (κ2) is 8.05. The molecule has 1 saturated heterocycles. The second-order valence-corrected chi connectivity index (χ2v) is 9.05. The van der Waals surface area contributed by atoms with Crippen LogP contribution >= 0.6 is 0 Å². The Balaban J connectivity index is 1.46. The van der Waals surface area contributed by atoms with E-state index in [2.05, 4.69) is 31.8 Å². The number of imidazole rings is 1. The lowest BCUT2D eigenvalue weighted by molar-refractivity contribution is -0.131. The molecule has 2 aliphatic heterocycles. The quantitative estimate of drug-likeness (QED) is 0.529. The summed E-state index contributed by atoms with van der Waals surface area (Å²) >= 11 is 0. The van der Waals surface area contributed by atoms with E-state index < -0.39 is 0 Å². The van der Waals surface area contributed by atoms with E-state index in [1.165, 1.54) is 11.1 Å². The minimum Gasteiger partial charge on any atom is -0.468 e. The van der Waals surface area contributed by atoms with Crippen molar-refractivity contribution in [2.45, 2.75) is 50.9 Å². The van der Waals surface area contributed by atoms with E-state index >= 15 is 0 Å². The molecule has 3 aliphatic rings. The Hall–Kier alpha value is -3.63. The van der Waals surface area contributed by atoms with Crippen molar-refractivity contribution in [1.82, 2.24) is 19.8 Å². The second-order valence-electron chi connectivity index (χ2n) is 9.05. The standard InChI is InChI=1S/C26H25N5O2/c1-27-22-8-5-17-11-25(22)33-20-7-6-18-3-2-4-24(21(18)12-20)31-10-9-23(26(31)32)29-14-19-13-28-16-30(19)15-17/h5-8,11-13,16,23-24,29H,2-4,9-10,14-15H2/t23-,24?/m0/s1. The van der Waals surface area contributed by atoms with Gasteiger partial charge < -0.3 is 19.5 Å². The van der Waals surface area contributed by atoms with Crippen LogP contribution in [0.5, 0.6) is 11.5 Å². The van der Waals surface area contributed by atoms with Gasteiger partial charge >= 0.3 is 0 Å². The molecule has 166 valence electrons. The highest BCUT2D eigenvalue weighted by molar-refractivity contribution is 5.84. The predicted molar refractivity (Wildman–Crippen MR) is 123 cm³/mol. The molecule has 1 aliphatic carbocycles. The number of hydrogen-bond acceptors (Lipinski definition) is 4. The van der Waals surface area contributed by atoms with Crippen LogP contribution in [0.1, 0.15) is 47.7 Å². The van der Waals surface area contributed by atoms with Crippen molar-refractivity contribution in [1.29, 1.82) is 0 Å². The molecular weight excluding hydrogens is 414 g/mol. The molecule has 6 bridgehead atoms. The lowest BCUT2D eigenvalue weighted by Crippen LogP contribution is -2.40. The van der Waals surface area contributed by atoms with E-state index in [1.807, 2.05) is 35.4 Å². The highest BCUT2D eigenvalue weighted by atomic mass is 16.5. The maximum atomic E-state index is 13.3. The molecule has 1 amide bonds. The lowest BCUT2D eigenvalue weighted by atomic mass is 9.86. The van der Waals surface area contributed by atoms with Gasteiger partial charge in [-0.1, -0.05) is 18.2 Å². The molecule has 7 heteroatoms. The van der Waals surface area contributed by atoms with Gasteiger partial charge in [-0.2, -0.15) is 0 Å². The van der Waals surface area contributed by atoms with Gasteiger partial charge in [-0.3, -0.25) is 4.79 Å². The summed E-state index contributed by atoms with van der Waals surface area (Å²) in [6, 6.07) is 11.8. The van der Waals surface area contributed by atoms with Crippen molar-refractivity contribution >= 4 is 11.6 Å². The number of amides is 1. The van der Waals surface area contributed by atoms with Crippen LogP contribution in [0.4, 0.5) is 5.69 Å². The van der Waals surface area contributed by atoms with Crippen LogP contribution in [-0.4, -0.2) is 32.9 Å². The van der Waals surface area contributed by atoms with Gasteiger partial charge in [-0.15, -0.1) is 0 Å². The van der Waals surface area contributed by atoms with Crippen LogP contribution in [0.3, 0.4) is 0 Å². The molecule has 33 heavy (non-hydrogen) atoms. The summed E-state index contributed by atoms with van der Waals surface area (Å²) in [5.41, 5.74) is 5.00. The number of carbonyl (C=O) groups excluding carboxylic acids is 1. The number of rotatable bonds is 0. The summed E-state index contributed by atoms with van der Waals surface area (Å²) in [5.74, 6) is 1.44. The largest absolute Gasteiger partial charge is 0.468 e. The van der Waals surface area contributed by atoms with E-state index in [0.29, 0.717) is 30.3 Å². The predicted octanol–water partition coefficient (Wildman–Crippen LogP) is 4.36. The fourth-order valence-corrected chi connectivity index (χ4v) is 5.36. The number of hydrogen-bond donors (Lipinski definition) is 1. The summed E-state index contributed by atoms with van der Waals surface area (Å²) in [5, 5.41) is 3.48. The summed E-state index contributed by atoms with van der Waals surface area (Å²) in [7, 11) is 0. The van der Waals surface area contributed by atoms with Gasteiger partial charge in [0.05, 0.1) is 30.7 Å². The van der Waals surface area contributed by atoms with Gasteiger partial charge in [0, 0.05) is 25.8 Å². The average Bonchev–Trinajstić information content (AvgIpc) is 3.43. The lowest BCUT2D eigenvalue weighted by Gasteiger charge is -2.33. The Bertz CT molecular complexity index is 1270. The molecule has 1 unspecified atom stereocenters. The van der Waals surface area contributed by atoms with Gasteiger partial charge in [0.2, 0.25) is 11.6 Å². The molecular formula is C26H25N5O2. The first-order valence-electron chi connectivity index (χ1n) is 11.5. The molecule has 3 aromatic rings.